The van der Waals surface area contributed by atoms with Gasteiger partial charge in [-0.25, -0.2) is 0 Å². The summed E-state index contributed by atoms with van der Waals surface area (Å²) in [6.07, 6.45) is 0. The molecule has 0 bridgehead atoms. The molecule has 1 aromatic carbocycles. The van der Waals surface area contributed by atoms with Gasteiger partial charge in [-0.05, 0) is 16.7 Å². The largest absolute Gasteiger partial charge is 0.507 e. The third-order valence-corrected chi connectivity index (χ3v) is 1.63. The number of nitro groups is 2. The molecule has 82 valence electrons. The Morgan fingerprint density at radius 3 is 2.38 bits per heavy atom. The lowest BCUT2D eigenvalue weighted by molar-refractivity contribution is -0.422. The van der Waals surface area contributed by atoms with Crippen LogP contribution in [0.1, 0.15) is 0 Å². The van der Waals surface area contributed by atoms with Gasteiger partial charge in [-0.15, -0.1) is 0 Å². The molecule has 0 unspecified atom stereocenters. The highest BCUT2D eigenvalue weighted by Gasteiger charge is 2.30. The second-order valence-corrected chi connectivity index (χ2v) is 2.50. The van der Waals surface area contributed by atoms with E-state index in [9.17, 15) is 25.3 Å². The Labute approximate surface area is 86.7 Å². The molecule has 1 aromatic rings. The lowest BCUT2D eigenvalue weighted by Crippen LogP contribution is -1.96. The number of hydrogen-bond acceptors (Lipinski definition) is 6. The molecule has 0 aromatic heterocycles. The summed E-state index contributed by atoms with van der Waals surface area (Å²) in [4.78, 5) is 21.2. The van der Waals surface area contributed by atoms with Crippen LogP contribution in [-0.2, 0) is 0 Å². The summed E-state index contributed by atoms with van der Waals surface area (Å²) >= 11 is 0. The predicted molar refractivity (Wildman–Crippen MR) is 50.2 cm³/mol. The molecule has 0 amide bonds. The zero-order chi connectivity index (χ0) is 12.3. The molecule has 0 heterocycles. The number of hydrogen-bond donors (Lipinski definition) is 1. The van der Waals surface area contributed by atoms with Gasteiger partial charge < -0.3 is 5.11 Å². The van der Waals surface area contributed by atoms with Crippen molar-refractivity contribution in [1.82, 2.24) is 0 Å². The number of azide groups is 1. The van der Waals surface area contributed by atoms with Crippen LogP contribution < -0.4 is 0 Å². The second kappa shape index (κ2) is 4.11. The third kappa shape index (κ3) is 1.81. The van der Waals surface area contributed by atoms with Crippen LogP contribution in [0.4, 0.5) is 17.1 Å². The topological polar surface area (TPSA) is 155 Å². The number of phenols is 1. The summed E-state index contributed by atoms with van der Waals surface area (Å²) in [6, 6.07) is 1.60. The summed E-state index contributed by atoms with van der Waals surface area (Å²) in [5, 5.41) is 33.1. The Bertz CT molecular complexity index is 520. The Balaban J connectivity index is 3.69. The van der Waals surface area contributed by atoms with Crippen LogP contribution in [0.25, 0.3) is 10.4 Å². The smallest absolute Gasteiger partial charge is 0.359 e. The van der Waals surface area contributed by atoms with Crippen molar-refractivity contribution in [2.24, 2.45) is 5.11 Å². The first-order valence-electron chi connectivity index (χ1n) is 3.69. The van der Waals surface area contributed by atoms with E-state index in [1.165, 1.54) is 0 Å². The van der Waals surface area contributed by atoms with Crippen molar-refractivity contribution in [3.63, 3.8) is 0 Å². The molecule has 10 nitrogen and oxygen atoms in total. The molecule has 0 aliphatic carbocycles. The molecular weight excluding hydrogens is 222 g/mol. The van der Waals surface area contributed by atoms with Gasteiger partial charge in [0.05, 0.1) is 9.85 Å². The van der Waals surface area contributed by atoms with E-state index in [4.69, 9.17) is 5.53 Å². The van der Waals surface area contributed by atoms with Crippen molar-refractivity contribution in [3.8, 4) is 5.75 Å². The average molecular weight is 225 g/mol. The van der Waals surface area contributed by atoms with Crippen molar-refractivity contribution in [2.45, 2.75) is 0 Å². The predicted octanol–water partition coefficient (Wildman–Crippen LogP) is 2.15. The molecule has 0 saturated heterocycles. The van der Waals surface area contributed by atoms with E-state index in [0.29, 0.717) is 0 Å². The van der Waals surface area contributed by atoms with Crippen LogP contribution in [0.5, 0.6) is 5.75 Å². The quantitative estimate of drug-likeness (QED) is 0.274. The van der Waals surface area contributed by atoms with Crippen LogP contribution in [0.15, 0.2) is 17.2 Å². The molecule has 0 fully saturated rings. The fourth-order valence-corrected chi connectivity index (χ4v) is 1.03. The number of benzene rings is 1. The van der Waals surface area contributed by atoms with Gasteiger partial charge in [0, 0.05) is 11.0 Å². The van der Waals surface area contributed by atoms with Gasteiger partial charge >= 0.3 is 11.4 Å². The van der Waals surface area contributed by atoms with Crippen LogP contribution in [0.2, 0.25) is 0 Å². The normalized spacial score (nSPS) is 9.25. The Morgan fingerprint density at radius 2 is 1.94 bits per heavy atom. The molecule has 0 atom stereocenters. The minimum absolute atomic E-state index is 0.699. The molecule has 0 saturated carbocycles. The third-order valence-electron chi connectivity index (χ3n) is 1.63. The molecule has 0 aliphatic heterocycles. The van der Waals surface area contributed by atoms with Crippen LogP contribution in [0, 0.1) is 20.2 Å². The van der Waals surface area contributed by atoms with Crippen LogP contribution in [-0.4, -0.2) is 15.0 Å². The van der Waals surface area contributed by atoms with Crippen molar-refractivity contribution < 1.29 is 15.0 Å². The number of nitro benzene ring substituents is 2. The maximum atomic E-state index is 10.6. The highest BCUT2D eigenvalue weighted by Crippen LogP contribution is 2.42. The Morgan fingerprint density at radius 1 is 1.31 bits per heavy atom. The van der Waals surface area contributed by atoms with Gasteiger partial charge in [0.25, 0.3) is 0 Å². The van der Waals surface area contributed by atoms with Crippen molar-refractivity contribution in [1.29, 1.82) is 0 Å². The molecule has 0 aliphatic rings. The highest BCUT2D eigenvalue weighted by atomic mass is 16.6. The Kier molecular flexibility index (Phi) is 2.88. The van der Waals surface area contributed by atoms with Gasteiger partial charge in [-0.2, -0.15) is 0 Å². The minimum Gasteiger partial charge on any atom is -0.507 e. The van der Waals surface area contributed by atoms with Gasteiger partial charge in [0.1, 0.15) is 5.75 Å². The zero-order valence-electron chi connectivity index (χ0n) is 7.47. The number of aromatic hydroxyl groups is 1. The van der Waals surface area contributed by atoms with E-state index < -0.39 is 32.7 Å². The van der Waals surface area contributed by atoms with Crippen molar-refractivity contribution in [3.05, 3.63) is 42.8 Å². The summed E-state index contributed by atoms with van der Waals surface area (Å²) in [7, 11) is 0. The van der Waals surface area contributed by atoms with E-state index in [2.05, 4.69) is 10.0 Å². The van der Waals surface area contributed by atoms with Gasteiger partial charge in [-0.1, -0.05) is 0 Å². The summed E-state index contributed by atoms with van der Waals surface area (Å²) in [6.45, 7) is 0. The maximum absolute atomic E-state index is 10.6. The highest BCUT2D eigenvalue weighted by molar-refractivity contribution is 5.74. The summed E-state index contributed by atoms with van der Waals surface area (Å²) < 4.78 is 0. The van der Waals surface area contributed by atoms with E-state index in [1.807, 2.05) is 0 Å². The van der Waals surface area contributed by atoms with Crippen molar-refractivity contribution >= 4 is 17.1 Å². The van der Waals surface area contributed by atoms with E-state index in [1.54, 1.807) is 0 Å². The SMILES string of the molecule is [N-]=[N+]=Nc1c(O)ccc([N+](=O)[O-])c1[N+](=O)[O-]. The molecule has 16 heavy (non-hydrogen) atoms. The van der Waals surface area contributed by atoms with Gasteiger partial charge in [0.15, 0.2) is 5.69 Å². The molecule has 1 rings (SSSR count). The zero-order valence-corrected chi connectivity index (χ0v) is 7.47. The summed E-state index contributed by atoms with van der Waals surface area (Å²) in [5.41, 5.74) is 5.46. The second-order valence-electron chi connectivity index (χ2n) is 2.50. The maximum Gasteiger partial charge on any atom is 0.359 e. The lowest BCUT2D eigenvalue weighted by atomic mass is 10.2. The first kappa shape index (κ1) is 11.2. The Hall–Kier alpha value is -2.87. The van der Waals surface area contributed by atoms with Gasteiger partial charge in [-0.3, -0.25) is 20.2 Å². The molecule has 10 heteroatoms. The van der Waals surface area contributed by atoms with E-state index >= 15 is 0 Å². The number of phenolic OH excluding ortho intramolecular Hbond substituents is 1. The number of nitrogens with zero attached hydrogens (tertiary/aromatic N) is 5. The first-order chi connectivity index (χ1) is 7.49. The number of rotatable bonds is 3. The first-order valence-corrected chi connectivity index (χ1v) is 3.69. The summed E-state index contributed by atoms with van der Waals surface area (Å²) in [5.74, 6) is -0.699. The molecular formula is C6H3N5O5. The van der Waals surface area contributed by atoms with E-state index in [0.717, 1.165) is 12.1 Å². The lowest BCUT2D eigenvalue weighted by Gasteiger charge is -1.99. The average Bonchev–Trinajstić information content (AvgIpc) is 2.20. The standard InChI is InChI=1S/C6H3N5O5/c7-9-8-5-4(12)2-1-3(10(13)14)6(5)11(15)16/h1-2,12H. The fraction of sp³-hybridized carbons (Fsp3) is 0. The fourth-order valence-electron chi connectivity index (χ4n) is 1.03. The molecule has 0 spiro atoms. The van der Waals surface area contributed by atoms with E-state index in [-0.39, 0.29) is 0 Å². The monoisotopic (exact) mass is 225 g/mol. The molecule has 1 N–H and O–H groups in total. The van der Waals surface area contributed by atoms with Crippen LogP contribution >= 0.6 is 0 Å². The molecule has 0 radical (unpaired) electrons. The van der Waals surface area contributed by atoms with Crippen molar-refractivity contribution in [2.75, 3.05) is 0 Å². The van der Waals surface area contributed by atoms with Gasteiger partial charge in [0.2, 0.25) is 0 Å². The minimum atomic E-state index is -1.10. The van der Waals surface area contributed by atoms with Crippen LogP contribution in [0.3, 0.4) is 0 Å².